The van der Waals surface area contributed by atoms with Crippen molar-refractivity contribution >= 4 is 18.7 Å². The molecule has 0 aliphatic carbocycles. The summed E-state index contributed by atoms with van der Waals surface area (Å²) in [7, 11) is -2.46. The number of hydrogen-bond donors (Lipinski definition) is 0. The summed E-state index contributed by atoms with van der Waals surface area (Å²) < 4.78 is 64.0. The second kappa shape index (κ2) is 13.4. The van der Waals surface area contributed by atoms with Crippen molar-refractivity contribution in [2.45, 2.75) is 72.8 Å². The lowest BCUT2D eigenvalue weighted by Gasteiger charge is -2.31. The van der Waals surface area contributed by atoms with E-state index in [2.05, 4.69) is 6.58 Å². The van der Waals surface area contributed by atoms with Crippen LogP contribution in [0.4, 0.5) is 4.39 Å². The van der Waals surface area contributed by atoms with E-state index in [9.17, 15) is 9.36 Å². The molecule has 230 valence electrons. The Morgan fingerprint density at radius 3 is 2.17 bits per heavy atom. The van der Waals surface area contributed by atoms with E-state index in [0.29, 0.717) is 30.1 Å². The second-order valence-electron chi connectivity index (χ2n) is 11.6. The van der Waals surface area contributed by atoms with Crippen molar-refractivity contribution in [3.8, 4) is 22.6 Å². The van der Waals surface area contributed by atoms with Crippen molar-refractivity contribution in [1.82, 2.24) is 4.57 Å². The average Bonchev–Trinajstić information content (AvgIpc) is 2.89. The SMILES string of the molecule is C=C(COP(=O)(OC(C)(C)C)OC(C)(C)C)OCn1cc(-c2ccc(OC)cc2)c(=O)c2c(F)ccc(OCCC)c21. The zero-order chi connectivity index (χ0) is 31.3. The highest BCUT2D eigenvalue weighted by Crippen LogP contribution is 2.55. The molecule has 2 aromatic carbocycles. The fraction of sp³-hybridized carbons (Fsp3) is 0.452. The third-order valence-electron chi connectivity index (χ3n) is 5.56. The van der Waals surface area contributed by atoms with E-state index in [-0.39, 0.29) is 35.6 Å². The van der Waals surface area contributed by atoms with Crippen LogP contribution in [0.5, 0.6) is 11.5 Å². The summed E-state index contributed by atoms with van der Waals surface area (Å²) in [5, 5.41) is -0.135. The topological polar surface area (TPSA) is 94.5 Å². The van der Waals surface area contributed by atoms with Crippen LogP contribution in [0.2, 0.25) is 0 Å². The van der Waals surface area contributed by atoms with Gasteiger partial charge < -0.3 is 18.8 Å². The summed E-state index contributed by atoms with van der Waals surface area (Å²) in [5.41, 5.74) is -1.06. The number of hydrogen-bond acceptors (Lipinski definition) is 8. The van der Waals surface area contributed by atoms with Gasteiger partial charge in [0, 0.05) is 11.8 Å². The van der Waals surface area contributed by atoms with E-state index in [1.807, 2.05) is 6.92 Å². The Morgan fingerprint density at radius 2 is 1.62 bits per heavy atom. The van der Waals surface area contributed by atoms with Gasteiger partial charge in [-0.3, -0.25) is 18.4 Å². The second-order valence-corrected chi connectivity index (χ2v) is 13.1. The van der Waals surface area contributed by atoms with Crippen molar-refractivity contribution in [2.75, 3.05) is 20.3 Å². The zero-order valence-corrected chi connectivity index (χ0v) is 26.5. The molecule has 3 aromatic rings. The molecule has 3 rings (SSSR count). The van der Waals surface area contributed by atoms with Crippen LogP contribution in [0.1, 0.15) is 54.9 Å². The predicted octanol–water partition coefficient (Wildman–Crippen LogP) is 7.85. The molecule has 0 aliphatic rings. The highest BCUT2D eigenvalue weighted by Gasteiger charge is 2.37. The fourth-order valence-electron chi connectivity index (χ4n) is 3.96. The molecule has 0 bridgehead atoms. The van der Waals surface area contributed by atoms with Gasteiger partial charge in [-0.25, -0.2) is 8.96 Å². The third kappa shape index (κ3) is 8.91. The van der Waals surface area contributed by atoms with Crippen molar-refractivity contribution < 1.29 is 36.7 Å². The Labute approximate surface area is 246 Å². The van der Waals surface area contributed by atoms with Crippen LogP contribution < -0.4 is 14.9 Å². The lowest BCUT2D eigenvalue weighted by atomic mass is 10.0. The standard InChI is InChI=1S/C31H41FNO8P/c1-10-17-37-26-16-15-25(32)27-28(26)33(18-24(29(27)34)22-11-13-23(36-9)14-12-22)20-38-21(2)19-39-42(35,40-30(3,4)5)41-31(6,7)8/h11-16,18H,2,10,17,19-20H2,1,3-9H3. The minimum atomic E-state index is -4.01. The van der Waals surface area contributed by atoms with Crippen LogP contribution in [-0.2, 0) is 29.6 Å². The molecule has 0 amide bonds. The fourth-order valence-corrected chi connectivity index (χ4v) is 5.75. The summed E-state index contributed by atoms with van der Waals surface area (Å²) in [4.78, 5) is 13.6. The van der Waals surface area contributed by atoms with Gasteiger partial charge >= 0.3 is 7.82 Å². The van der Waals surface area contributed by atoms with E-state index < -0.39 is 30.3 Å². The highest BCUT2D eigenvalue weighted by molar-refractivity contribution is 7.48. The number of benzene rings is 2. The summed E-state index contributed by atoms with van der Waals surface area (Å²) >= 11 is 0. The van der Waals surface area contributed by atoms with Crippen LogP contribution in [-0.4, -0.2) is 36.1 Å². The maximum atomic E-state index is 15.2. The summed E-state index contributed by atoms with van der Waals surface area (Å²) in [6, 6.07) is 9.57. The minimum Gasteiger partial charge on any atom is -0.497 e. The van der Waals surface area contributed by atoms with Gasteiger partial charge in [0.15, 0.2) is 12.2 Å². The zero-order valence-electron chi connectivity index (χ0n) is 25.6. The van der Waals surface area contributed by atoms with Gasteiger partial charge in [-0.2, -0.15) is 0 Å². The molecule has 0 saturated heterocycles. The third-order valence-corrected chi connectivity index (χ3v) is 7.55. The molecule has 42 heavy (non-hydrogen) atoms. The van der Waals surface area contributed by atoms with Crippen LogP contribution in [0, 0.1) is 5.82 Å². The molecule has 11 heteroatoms. The van der Waals surface area contributed by atoms with E-state index in [4.69, 9.17) is 27.8 Å². The summed E-state index contributed by atoms with van der Waals surface area (Å²) in [6.07, 6.45) is 2.29. The van der Waals surface area contributed by atoms with Crippen molar-refractivity contribution in [3.05, 3.63) is 71.0 Å². The normalized spacial score (nSPS) is 12.4. The molecule has 0 fully saturated rings. The first-order chi connectivity index (χ1) is 19.6. The number of phosphoric ester groups is 1. The average molecular weight is 606 g/mol. The Kier molecular flexibility index (Phi) is 10.7. The molecular formula is C31H41FNO8P. The Bertz CT molecular complexity index is 1480. The molecule has 0 radical (unpaired) electrons. The molecule has 9 nitrogen and oxygen atoms in total. The number of phosphoric acid groups is 1. The van der Waals surface area contributed by atoms with Crippen LogP contribution in [0.15, 0.2) is 59.7 Å². The minimum absolute atomic E-state index is 0.107. The number of fused-ring (bicyclic) bond motifs is 1. The lowest BCUT2D eigenvalue weighted by Crippen LogP contribution is -2.25. The van der Waals surface area contributed by atoms with E-state index in [0.717, 1.165) is 0 Å². The maximum absolute atomic E-state index is 15.2. The molecule has 0 atom stereocenters. The molecule has 0 unspecified atom stereocenters. The number of nitrogens with zero attached hydrogens (tertiary/aromatic N) is 1. The lowest BCUT2D eigenvalue weighted by molar-refractivity contribution is -0.0000412. The van der Waals surface area contributed by atoms with Crippen LogP contribution >= 0.6 is 7.82 Å². The van der Waals surface area contributed by atoms with Crippen LogP contribution in [0.3, 0.4) is 0 Å². The van der Waals surface area contributed by atoms with Gasteiger partial charge in [0.25, 0.3) is 0 Å². The van der Waals surface area contributed by atoms with Crippen molar-refractivity contribution in [1.29, 1.82) is 0 Å². The van der Waals surface area contributed by atoms with Gasteiger partial charge in [-0.05, 0) is 77.8 Å². The highest BCUT2D eigenvalue weighted by atomic mass is 31.2. The van der Waals surface area contributed by atoms with E-state index >= 15 is 4.39 Å². The van der Waals surface area contributed by atoms with Crippen molar-refractivity contribution in [3.63, 3.8) is 0 Å². The largest absolute Gasteiger partial charge is 0.497 e. The quantitative estimate of drug-likeness (QED) is 0.144. The number of methoxy groups -OCH3 is 1. The number of ether oxygens (including phenoxy) is 3. The molecule has 0 saturated carbocycles. The molecule has 0 aliphatic heterocycles. The molecule has 0 spiro atoms. The summed E-state index contributed by atoms with van der Waals surface area (Å²) in [5.74, 6) is 0.364. The van der Waals surface area contributed by atoms with Gasteiger partial charge in [0.1, 0.15) is 35.2 Å². The molecule has 1 heterocycles. The first-order valence-electron chi connectivity index (χ1n) is 13.7. The molecular weight excluding hydrogens is 564 g/mol. The number of pyridine rings is 1. The summed E-state index contributed by atoms with van der Waals surface area (Å²) in [6.45, 7) is 16.1. The Morgan fingerprint density at radius 1 is 1.00 bits per heavy atom. The Hall–Kier alpha value is -3.17. The first-order valence-corrected chi connectivity index (χ1v) is 15.1. The Balaban J connectivity index is 1.97. The monoisotopic (exact) mass is 605 g/mol. The van der Waals surface area contributed by atoms with E-state index in [1.54, 1.807) is 83.7 Å². The van der Waals surface area contributed by atoms with Gasteiger partial charge in [0.05, 0.1) is 30.3 Å². The van der Waals surface area contributed by atoms with Crippen molar-refractivity contribution in [2.24, 2.45) is 0 Å². The molecule has 0 N–H and O–H groups in total. The van der Waals surface area contributed by atoms with Gasteiger partial charge in [-0.1, -0.05) is 25.6 Å². The van der Waals surface area contributed by atoms with Gasteiger partial charge in [0.2, 0.25) is 0 Å². The smallest absolute Gasteiger partial charge is 0.476 e. The van der Waals surface area contributed by atoms with Crippen LogP contribution in [0.25, 0.3) is 22.0 Å². The van der Waals surface area contributed by atoms with E-state index in [1.165, 1.54) is 12.1 Å². The first kappa shape index (κ1) is 33.3. The number of halogens is 1. The molecule has 1 aromatic heterocycles. The predicted molar refractivity (Wildman–Crippen MR) is 161 cm³/mol. The maximum Gasteiger partial charge on any atom is 0.476 e. The number of aromatic nitrogens is 1. The number of rotatable bonds is 13. The van der Waals surface area contributed by atoms with Gasteiger partial charge in [-0.15, -0.1) is 0 Å².